The number of amidine groups is 1. The molecule has 2 unspecified atom stereocenters. The van der Waals surface area contributed by atoms with E-state index in [1.165, 1.54) is 6.08 Å². The quantitative estimate of drug-likeness (QED) is 0.562. The van der Waals surface area contributed by atoms with Crippen molar-refractivity contribution >= 4 is 24.2 Å². The second kappa shape index (κ2) is 8.53. The number of aliphatic imine (C=N–C) groups is 3. The molecule has 7 heteroatoms. The van der Waals surface area contributed by atoms with E-state index in [-0.39, 0.29) is 18.0 Å². The van der Waals surface area contributed by atoms with Crippen LogP contribution in [0.5, 0.6) is 0 Å². The van der Waals surface area contributed by atoms with Gasteiger partial charge in [0.15, 0.2) is 0 Å². The molecule has 3 rings (SSSR count). The molecule has 2 atom stereocenters. The summed E-state index contributed by atoms with van der Waals surface area (Å²) in [6.07, 6.45) is 13.7. The van der Waals surface area contributed by atoms with E-state index in [0.717, 1.165) is 36.4 Å². The van der Waals surface area contributed by atoms with Crippen LogP contribution in [-0.4, -0.2) is 54.4 Å². The average Bonchev–Trinajstić information content (AvgIpc) is 3.05. The fraction of sp³-hybridized carbons (Fsp3) is 0.368. The first kappa shape index (κ1) is 18.0. The van der Waals surface area contributed by atoms with Gasteiger partial charge in [-0.25, -0.2) is 0 Å². The summed E-state index contributed by atoms with van der Waals surface area (Å²) in [5.74, 6) is 0.698. The summed E-state index contributed by atoms with van der Waals surface area (Å²) in [4.78, 5) is 26.6. The molecule has 1 amide bonds. The van der Waals surface area contributed by atoms with Gasteiger partial charge in [0, 0.05) is 36.3 Å². The number of nitrogens with one attached hydrogen (secondary N) is 2. The molecular formula is C19H24N6O. The molecule has 2 heterocycles. The van der Waals surface area contributed by atoms with Gasteiger partial charge in [0.25, 0.3) is 0 Å². The monoisotopic (exact) mass is 352 g/mol. The number of nitrogens with zero attached hydrogens (tertiary/aromatic N) is 4. The highest BCUT2D eigenvalue weighted by atomic mass is 16.1. The van der Waals surface area contributed by atoms with Crippen LogP contribution in [0.15, 0.2) is 64.0 Å². The van der Waals surface area contributed by atoms with E-state index in [1.807, 2.05) is 23.3 Å². The third-order valence-electron chi connectivity index (χ3n) is 4.65. The normalized spacial score (nSPS) is 27.4. The molecule has 1 fully saturated rings. The molecular weight excluding hydrogens is 328 g/mol. The molecule has 136 valence electrons. The number of carbonyl (C=O) groups excluding carboxylic acids is 1. The van der Waals surface area contributed by atoms with Gasteiger partial charge < -0.3 is 10.2 Å². The van der Waals surface area contributed by atoms with Crippen LogP contribution in [0, 0.1) is 0 Å². The van der Waals surface area contributed by atoms with Gasteiger partial charge in [0.1, 0.15) is 5.84 Å². The van der Waals surface area contributed by atoms with Crippen molar-refractivity contribution in [3.05, 3.63) is 49.0 Å². The first-order chi connectivity index (χ1) is 12.7. The van der Waals surface area contributed by atoms with Gasteiger partial charge in [0.05, 0.1) is 18.9 Å². The van der Waals surface area contributed by atoms with Gasteiger partial charge in [-0.15, -0.1) is 0 Å². The summed E-state index contributed by atoms with van der Waals surface area (Å²) >= 11 is 0. The summed E-state index contributed by atoms with van der Waals surface area (Å²) in [5.41, 5.74) is 1.87. The topological polar surface area (TPSA) is 81.4 Å². The lowest BCUT2D eigenvalue weighted by Gasteiger charge is -2.24. The largest absolute Gasteiger partial charge is 0.348 e. The van der Waals surface area contributed by atoms with Gasteiger partial charge in [-0.3, -0.25) is 25.1 Å². The summed E-state index contributed by atoms with van der Waals surface area (Å²) in [6.45, 7) is 8.20. The van der Waals surface area contributed by atoms with Crippen LogP contribution in [-0.2, 0) is 4.79 Å². The predicted molar refractivity (Wildman–Crippen MR) is 105 cm³/mol. The number of amides is 1. The molecule has 2 bridgehead atoms. The molecule has 0 spiro atoms. The van der Waals surface area contributed by atoms with Crippen molar-refractivity contribution in [3.63, 3.8) is 0 Å². The minimum absolute atomic E-state index is 0.119. The number of fused-ring (bicyclic) bond motifs is 2. The predicted octanol–water partition coefficient (Wildman–Crippen LogP) is 1.54. The molecule has 1 saturated carbocycles. The second-order valence-electron chi connectivity index (χ2n) is 6.35. The molecule has 3 aliphatic rings. The van der Waals surface area contributed by atoms with E-state index in [4.69, 9.17) is 4.99 Å². The summed E-state index contributed by atoms with van der Waals surface area (Å²) in [5, 5.41) is 6.44. The van der Waals surface area contributed by atoms with Crippen LogP contribution >= 0.6 is 0 Å². The first-order valence-corrected chi connectivity index (χ1v) is 8.76. The number of hydrogen-bond acceptors (Lipinski definition) is 5. The van der Waals surface area contributed by atoms with Crippen molar-refractivity contribution < 1.29 is 4.79 Å². The van der Waals surface area contributed by atoms with Crippen LogP contribution in [0.4, 0.5) is 0 Å². The SMILES string of the molecule is C=CC(=O)NC1CCCC1NC/N=C1\C(=C/N=C)C=CC2=NC=CN1C2. The van der Waals surface area contributed by atoms with Crippen molar-refractivity contribution in [2.24, 2.45) is 15.0 Å². The Kier molecular flexibility index (Phi) is 5.91. The van der Waals surface area contributed by atoms with Gasteiger partial charge in [-0.1, -0.05) is 6.58 Å². The third-order valence-corrected chi connectivity index (χ3v) is 4.65. The Hall–Kier alpha value is -2.80. The van der Waals surface area contributed by atoms with Gasteiger partial charge >= 0.3 is 0 Å². The van der Waals surface area contributed by atoms with Gasteiger partial charge in [-0.2, -0.15) is 0 Å². The van der Waals surface area contributed by atoms with Gasteiger partial charge in [0.2, 0.25) is 5.91 Å². The van der Waals surface area contributed by atoms with Crippen molar-refractivity contribution in [1.29, 1.82) is 0 Å². The molecule has 26 heavy (non-hydrogen) atoms. The first-order valence-electron chi connectivity index (χ1n) is 8.76. The average molecular weight is 352 g/mol. The van der Waals surface area contributed by atoms with Crippen LogP contribution in [0.3, 0.4) is 0 Å². The maximum Gasteiger partial charge on any atom is 0.243 e. The smallest absolute Gasteiger partial charge is 0.243 e. The van der Waals surface area contributed by atoms with Crippen molar-refractivity contribution in [2.45, 2.75) is 31.3 Å². The summed E-state index contributed by atoms with van der Waals surface area (Å²) < 4.78 is 0. The molecule has 0 radical (unpaired) electrons. The van der Waals surface area contributed by atoms with Crippen LogP contribution < -0.4 is 10.6 Å². The molecule has 0 aromatic heterocycles. The summed E-state index contributed by atoms with van der Waals surface area (Å²) in [6, 6.07) is 0.330. The van der Waals surface area contributed by atoms with E-state index in [0.29, 0.717) is 13.2 Å². The molecule has 2 N–H and O–H groups in total. The molecule has 0 saturated heterocycles. The Morgan fingerprint density at radius 2 is 2.23 bits per heavy atom. The van der Waals surface area contributed by atoms with E-state index in [2.05, 4.69) is 33.9 Å². The highest BCUT2D eigenvalue weighted by Gasteiger charge is 2.27. The number of rotatable bonds is 6. The minimum Gasteiger partial charge on any atom is -0.348 e. The fourth-order valence-electron chi connectivity index (χ4n) is 3.38. The van der Waals surface area contributed by atoms with Gasteiger partial charge in [-0.05, 0) is 44.2 Å². The maximum absolute atomic E-state index is 11.6. The Morgan fingerprint density at radius 1 is 1.38 bits per heavy atom. The highest BCUT2D eigenvalue weighted by molar-refractivity contribution is 6.10. The molecule has 7 nitrogen and oxygen atoms in total. The van der Waals surface area contributed by atoms with E-state index < -0.39 is 0 Å². The lowest BCUT2D eigenvalue weighted by Crippen LogP contribution is -2.46. The minimum atomic E-state index is -0.128. The Bertz CT molecular complexity index is 730. The Morgan fingerprint density at radius 3 is 3.04 bits per heavy atom. The van der Waals surface area contributed by atoms with E-state index >= 15 is 0 Å². The lowest BCUT2D eigenvalue weighted by atomic mass is 10.2. The van der Waals surface area contributed by atoms with Crippen LogP contribution in [0.2, 0.25) is 0 Å². The van der Waals surface area contributed by atoms with E-state index in [1.54, 1.807) is 12.4 Å². The Balaban J connectivity index is 1.69. The molecule has 2 aliphatic heterocycles. The third kappa shape index (κ3) is 4.23. The Labute approximate surface area is 153 Å². The van der Waals surface area contributed by atoms with E-state index in [9.17, 15) is 4.79 Å². The van der Waals surface area contributed by atoms with Crippen molar-refractivity contribution in [1.82, 2.24) is 15.5 Å². The zero-order valence-electron chi connectivity index (χ0n) is 14.8. The summed E-state index contributed by atoms with van der Waals surface area (Å²) in [7, 11) is 0. The lowest BCUT2D eigenvalue weighted by molar-refractivity contribution is -0.117. The second-order valence-corrected chi connectivity index (χ2v) is 6.35. The molecule has 0 aromatic rings. The van der Waals surface area contributed by atoms with Crippen molar-refractivity contribution in [2.75, 3.05) is 13.2 Å². The van der Waals surface area contributed by atoms with Crippen LogP contribution in [0.1, 0.15) is 19.3 Å². The maximum atomic E-state index is 11.6. The van der Waals surface area contributed by atoms with Crippen molar-refractivity contribution in [3.8, 4) is 0 Å². The highest BCUT2D eigenvalue weighted by Crippen LogP contribution is 2.19. The standard InChI is InChI=1S/C19H24N6O/c1-3-18(26)24-17-6-4-5-16(17)22-13-23-19-14(11-20-2)7-8-15-12-25(19)10-9-21-15/h3,7-11,16-17,22H,1-2,4-6,12-13H2,(H,24,26)/b14-11-,23-19+. The number of hydrogen-bond donors (Lipinski definition) is 2. The van der Waals surface area contributed by atoms with Crippen LogP contribution in [0.25, 0.3) is 0 Å². The zero-order chi connectivity index (χ0) is 18.4. The fourth-order valence-corrected chi connectivity index (χ4v) is 3.38. The zero-order valence-corrected chi connectivity index (χ0v) is 14.8. The molecule has 1 aliphatic carbocycles. The molecule has 0 aromatic carbocycles. The number of carbonyl (C=O) groups is 1.